The minimum Gasteiger partial charge on any atom is -0.497 e. The number of halogens is 1. The molecule has 0 aliphatic rings. The molecular weight excluding hydrogens is 375 g/mol. The lowest BCUT2D eigenvalue weighted by atomic mass is 10.2. The molecule has 1 amide bonds. The number of rotatable bonds is 7. The van der Waals surface area contributed by atoms with Crippen LogP contribution in [0.4, 0.5) is 16.0 Å². The van der Waals surface area contributed by atoms with Crippen LogP contribution in [0.5, 0.6) is 11.5 Å². The number of ether oxygens (including phenoxy) is 2. The van der Waals surface area contributed by atoms with Gasteiger partial charge in [-0.2, -0.15) is 0 Å². The van der Waals surface area contributed by atoms with Crippen LogP contribution in [0.15, 0.2) is 48.5 Å². The van der Waals surface area contributed by atoms with Gasteiger partial charge in [0.1, 0.15) is 23.0 Å². The number of nitrogens with one attached hydrogen (secondary N) is 2. The van der Waals surface area contributed by atoms with Crippen LogP contribution in [0.25, 0.3) is 0 Å². The van der Waals surface area contributed by atoms with Crippen LogP contribution in [0.2, 0.25) is 0 Å². The van der Waals surface area contributed by atoms with E-state index in [1.54, 1.807) is 50.4 Å². The van der Waals surface area contributed by atoms with Crippen molar-refractivity contribution in [3.8, 4) is 11.5 Å². The Morgan fingerprint density at radius 1 is 1.03 bits per heavy atom. The van der Waals surface area contributed by atoms with Crippen molar-refractivity contribution in [2.24, 2.45) is 0 Å². The normalized spacial score (nSPS) is 10.3. The summed E-state index contributed by atoms with van der Waals surface area (Å²) in [5.74, 6) is 0.696. The highest BCUT2D eigenvalue weighted by Crippen LogP contribution is 2.29. The molecule has 0 atom stereocenters. The van der Waals surface area contributed by atoms with Crippen LogP contribution in [0.3, 0.4) is 0 Å². The number of aromatic nitrogens is 2. The Bertz CT molecular complexity index is 1010. The smallest absolute Gasteiger partial charge is 0.274 e. The van der Waals surface area contributed by atoms with Gasteiger partial charge in [-0.25, -0.2) is 14.4 Å². The number of hydrogen-bond donors (Lipinski definition) is 2. The van der Waals surface area contributed by atoms with Gasteiger partial charge in [-0.3, -0.25) is 4.79 Å². The second kappa shape index (κ2) is 9.01. The maximum absolute atomic E-state index is 13.0. The summed E-state index contributed by atoms with van der Waals surface area (Å²) in [7, 11) is 3.06. The molecule has 0 bridgehead atoms. The van der Waals surface area contributed by atoms with Crippen molar-refractivity contribution in [1.29, 1.82) is 0 Å². The second-order valence-corrected chi connectivity index (χ2v) is 6.22. The second-order valence-electron chi connectivity index (χ2n) is 6.22. The van der Waals surface area contributed by atoms with Gasteiger partial charge in [0.2, 0.25) is 5.95 Å². The Hall–Kier alpha value is -3.68. The van der Waals surface area contributed by atoms with E-state index in [9.17, 15) is 9.18 Å². The molecule has 0 spiro atoms. The number of carbonyl (C=O) groups is 1. The quantitative estimate of drug-likeness (QED) is 0.632. The molecule has 0 aliphatic carbocycles. The summed E-state index contributed by atoms with van der Waals surface area (Å²) in [5.41, 5.74) is 2.20. The molecule has 7 nitrogen and oxygen atoms in total. The Balaban J connectivity index is 1.74. The molecule has 150 valence electrons. The molecule has 3 rings (SSSR count). The van der Waals surface area contributed by atoms with Gasteiger partial charge in [-0.1, -0.05) is 12.1 Å². The van der Waals surface area contributed by atoms with Crippen molar-refractivity contribution in [2.75, 3.05) is 24.9 Å². The number of methoxy groups -OCH3 is 2. The van der Waals surface area contributed by atoms with E-state index in [1.807, 2.05) is 0 Å². The van der Waals surface area contributed by atoms with Crippen LogP contribution in [0.1, 0.15) is 21.7 Å². The summed E-state index contributed by atoms with van der Waals surface area (Å²) in [6, 6.07) is 12.8. The van der Waals surface area contributed by atoms with Crippen LogP contribution in [-0.4, -0.2) is 30.1 Å². The van der Waals surface area contributed by atoms with E-state index in [-0.39, 0.29) is 11.5 Å². The number of anilines is 2. The van der Waals surface area contributed by atoms with Crippen LogP contribution in [0, 0.1) is 12.7 Å². The first-order chi connectivity index (χ1) is 14.0. The molecule has 2 aromatic carbocycles. The highest BCUT2D eigenvalue weighted by Gasteiger charge is 2.14. The summed E-state index contributed by atoms with van der Waals surface area (Å²) in [4.78, 5) is 21.3. The molecule has 0 fully saturated rings. The maximum atomic E-state index is 13.0. The monoisotopic (exact) mass is 396 g/mol. The number of benzene rings is 2. The number of amides is 1. The van der Waals surface area contributed by atoms with Crippen molar-refractivity contribution in [2.45, 2.75) is 13.5 Å². The van der Waals surface area contributed by atoms with E-state index in [0.717, 1.165) is 5.56 Å². The highest BCUT2D eigenvalue weighted by molar-refractivity contribution is 6.04. The van der Waals surface area contributed by atoms with Gasteiger partial charge in [-0.05, 0) is 42.8 Å². The fraction of sp³-hybridized carbons (Fsp3) is 0.190. The topological polar surface area (TPSA) is 85.4 Å². The molecular formula is C21H21FN4O3. The number of nitrogens with zero attached hydrogens (tertiary/aromatic N) is 2. The van der Waals surface area contributed by atoms with E-state index >= 15 is 0 Å². The lowest BCUT2D eigenvalue weighted by molar-refractivity contribution is 0.102. The molecule has 1 aromatic heterocycles. The summed E-state index contributed by atoms with van der Waals surface area (Å²) >= 11 is 0. The number of hydrogen-bond acceptors (Lipinski definition) is 6. The zero-order chi connectivity index (χ0) is 20.8. The predicted octanol–water partition coefficient (Wildman–Crippen LogP) is 3.81. The van der Waals surface area contributed by atoms with Gasteiger partial charge < -0.3 is 20.1 Å². The molecule has 8 heteroatoms. The van der Waals surface area contributed by atoms with Crippen molar-refractivity contribution in [3.05, 3.63) is 71.3 Å². The van der Waals surface area contributed by atoms with E-state index in [1.165, 1.54) is 19.2 Å². The van der Waals surface area contributed by atoms with Crippen LogP contribution < -0.4 is 20.1 Å². The Morgan fingerprint density at radius 2 is 1.79 bits per heavy atom. The zero-order valence-electron chi connectivity index (χ0n) is 16.3. The minimum atomic E-state index is -0.399. The molecule has 0 aliphatic heterocycles. The lowest BCUT2D eigenvalue weighted by Crippen LogP contribution is -2.16. The average molecular weight is 396 g/mol. The van der Waals surface area contributed by atoms with Gasteiger partial charge in [0.15, 0.2) is 0 Å². The molecule has 3 aromatic rings. The molecule has 0 saturated carbocycles. The van der Waals surface area contributed by atoms with Crippen LogP contribution >= 0.6 is 0 Å². The number of carbonyl (C=O) groups excluding carboxylic acids is 1. The van der Waals surface area contributed by atoms with Crippen molar-refractivity contribution < 1.29 is 18.7 Å². The van der Waals surface area contributed by atoms with E-state index in [2.05, 4.69) is 20.6 Å². The van der Waals surface area contributed by atoms with Gasteiger partial charge in [0.25, 0.3) is 5.91 Å². The third-order valence-electron chi connectivity index (χ3n) is 4.11. The van der Waals surface area contributed by atoms with Crippen molar-refractivity contribution >= 4 is 17.5 Å². The SMILES string of the molecule is COc1ccc(NC(=O)c2cc(C)nc(NCc3ccc(F)cc3)n2)c(OC)c1. The summed E-state index contributed by atoms with van der Waals surface area (Å²) in [6.07, 6.45) is 0. The molecule has 0 saturated heterocycles. The fourth-order valence-corrected chi connectivity index (χ4v) is 2.64. The first-order valence-corrected chi connectivity index (χ1v) is 8.86. The summed E-state index contributed by atoms with van der Waals surface area (Å²) < 4.78 is 23.5. The largest absolute Gasteiger partial charge is 0.497 e. The van der Waals surface area contributed by atoms with E-state index < -0.39 is 5.91 Å². The highest BCUT2D eigenvalue weighted by atomic mass is 19.1. The Kier molecular flexibility index (Phi) is 6.23. The first kappa shape index (κ1) is 20.1. The van der Waals surface area contributed by atoms with Gasteiger partial charge in [0.05, 0.1) is 19.9 Å². The van der Waals surface area contributed by atoms with Gasteiger partial charge in [0, 0.05) is 18.3 Å². The molecule has 1 heterocycles. The molecule has 29 heavy (non-hydrogen) atoms. The Labute approximate surface area is 167 Å². The average Bonchev–Trinajstić information content (AvgIpc) is 2.73. The zero-order valence-corrected chi connectivity index (χ0v) is 16.3. The lowest BCUT2D eigenvalue weighted by Gasteiger charge is -2.12. The van der Waals surface area contributed by atoms with E-state index in [0.29, 0.717) is 35.4 Å². The van der Waals surface area contributed by atoms with E-state index in [4.69, 9.17) is 9.47 Å². The third-order valence-corrected chi connectivity index (χ3v) is 4.11. The van der Waals surface area contributed by atoms with Crippen molar-refractivity contribution in [3.63, 3.8) is 0 Å². The summed E-state index contributed by atoms with van der Waals surface area (Å²) in [5, 5.41) is 5.84. The predicted molar refractivity (Wildman–Crippen MR) is 108 cm³/mol. The standard InChI is InChI=1S/C21H21FN4O3/c1-13-10-18(20(27)25-17-9-8-16(28-2)11-19(17)29-3)26-21(24-13)23-12-14-4-6-15(22)7-5-14/h4-11H,12H2,1-3H3,(H,25,27)(H,23,24,26). The van der Waals surface area contributed by atoms with Gasteiger partial charge >= 0.3 is 0 Å². The molecule has 2 N–H and O–H groups in total. The fourth-order valence-electron chi connectivity index (χ4n) is 2.64. The maximum Gasteiger partial charge on any atom is 0.274 e. The van der Waals surface area contributed by atoms with Gasteiger partial charge in [-0.15, -0.1) is 0 Å². The molecule has 0 unspecified atom stereocenters. The third kappa shape index (κ3) is 5.19. The summed E-state index contributed by atoms with van der Waals surface area (Å²) in [6.45, 7) is 2.17. The van der Waals surface area contributed by atoms with Crippen molar-refractivity contribution in [1.82, 2.24) is 9.97 Å². The van der Waals surface area contributed by atoms with Crippen LogP contribution in [-0.2, 0) is 6.54 Å². The minimum absolute atomic E-state index is 0.206. The molecule has 0 radical (unpaired) electrons. The number of aryl methyl sites for hydroxylation is 1. The Morgan fingerprint density at radius 3 is 2.48 bits per heavy atom. The first-order valence-electron chi connectivity index (χ1n) is 8.86.